The van der Waals surface area contributed by atoms with Gasteiger partial charge in [-0.05, 0) is 37.7 Å². The lowest BCUT2D eigenvalue weighted by atomic mass is 9.81. The van der Waals surface area contributed by atoms with Crippen LogP contribution in [-0.2, 0) is 4.74 Å². The van der Waals surface area contributed by atoms with Gasteiger partial charge in [-0.3, -0.25) is 0 Å². The van der Waals surface area contributed by atoms with Crippen LogP contribution in [-0.4, -0.2) is 17.3 Å². The van der Waals surface area contributed by atoms with E-state index in [0.717, 1.165) is 12.8 Å². The van der Waals surface area contributed by atoms with Crippen LogP contribution < -0.4 is 0 Å². The predicted octanol–water partition coefficient (Wildman–Crippen LogP) is 4.16. The maximum absolute atomic E-state index is 10.2. The summed E-state index contributed by atoms with van der Waals surface area (Å²) < 4.78 is 6.36. The van der Waals surface area contributed by atoms with Gasteiger partial charge in [-0.2, -0.15) is 0 Å². The third-order valence-electron chi connectivity index (χ3n) is 4.95. The molecular weight excluding hydrogens is 248 g/mol. The molecule has 0 radical (unpaired) electrons. The third kappa shape index (κ3) is 3.24. The van der Waals surface area contributed by atoms with Crippen molar-refractivity contribution in [2.45, 2.75) is 70.2 Å². The topological polar surface area (TPSA) is 29.5 Å². The first-order chi connectivity index (χ1) is 9.72. The number of aliphatic hydroxyl groups excluding tert-OH is 1. The van der Waals surface area contributed by atoms with Crippen molar-refractivity contribution in [3.63, 3.8) is 0 Å². The molecule has 1 aromatic carbocycles. The minimum absolute atomic E-state index is 0.0753. The fourth-order valence-corrected chi connectivity index (χ4v) is 3.74. The molecule has 1 saturated carbocycles. The highest BCUT2D eigenvalue weighted by Gasteiger charge is 2.34. The molecule has 2 fully saturated rings. The van der Waals surface area contributed by atoms with E-state index in [-0.39, 0.29) is 18.3 Å². The fraction of sp³-hybridized carbons (Fsp3) is 0.667. The Labute approximate surface area is 122 Å². The van der Waals surface area contributed by atoms with Gasteiger partial charge in [-0.1, -0.05) is 49.1 Å². The Morgan fingerprint density at radius 3 is 2.40 bits per heavy atom. The third-order valence-corrected chi connectivity index (χ3v) is 4.95. The Balaban J connectivity index is 1.70. The number of aryl methyl sites for hydroxylation is 1. The van der Waals surface area contributed by atoms with Crippen LogP contribution in [0.15, 0.2) is 24.3 Å². The minimum Gasteiger partial charge on any atom is -0.393 e. The zero-order valence-electron chi connectivity index (χ0n) is 12.4. The lowest BCUT2D eigenvalue weighted by Gasteiger charge is -2.39. The molecule has 3 atom stereocenters. The number of benzene rings is 1. The van der Waals surface area contributed by atoms with Crippen LogP contribution in [0.25, 0.3) is 0 Å². The van der Waals surface area contributed by atoms with Crippen molar-refractivity contribution in [1.82, 2.24) is 0 Å². The Hall–Kier alpha value is -0.860. The van der Waals surface area contributed by atoms with Gasteiger partial charge in [-0.15, -0.1) is 0 Å². The van der Waals surface area contributed by atoms with Gasteiger partial charge in [0.15, 0.2) is 0 Å². The number of ether oxygens (including phenoxy) is 1. The number of rotatable bonds is 2. The van der Waals surface area contributed by atoms with Crippen LogP contribution in [0, 0.1) is 12.8 Å². The Kier molecular flexibility index (Phi) is 4.42. The summed E-state index contributed by atoms with van der Waals surface area (Å²) in [7, 11) is 0. The van der Waals surface area contributed by atoms with Crippen LogP contribution in [0.2, 0.25) is 0 Å². The van der Waals surface area contributed by atoms with Crippen molar-refractivity contribution >= 4 is 0 Å². The number of aliphatic hydroxyl groups is 1. The van der Waals surface area contributed by atoms with Gasteiger partial charge in [0.05, 0.1) is 18.3 Å². The van der Waals surface area contributed by atoms with Gasteiger partial charge in [0.1, 0.15) is 0 Å². The molecule has 1 aliphatic carbocycles. The predicted molar refractivity (Wildman–Crippen MR) is 80.6 cm³/mol. The molecule has 1 N–H and O–H groups in total. The molecule has 0 aromatic heterocycles. The molecule has 3 rings (SSSR count). The van der Waals surface area contributed by atoms with E-state index in [1.54, 1.807) is 0 Å². The van der Waals surface area contributed by atoms with Crippen LogP contribution in [0.5, 0.6) is 0 Å². The van der Waals surface area contributed by atoms with Crippen LogP contribution in [0.1, 0.15) is 62.2 Å². The van der Waals surface area contributed by atoms with E-state index < -0.39 is 0 Å². The lowest BCUT2D eigenvalue weighted by Crippen LogP contribution is -2.37. The normalized spacial score (nSPS) is 32.2. The van der Waals surface area contributed by atoms with E-state index in [4.69, 9.17) is 4.74 Å². The largest absolute Gasteiger partial charge is 0.393 e. The average Bonchev–Trinajstić information content (AvgIpc) is 2.48. The Morgan fingerprint density at radius 1 is 1.00 bits per heavy atom. The average molecular weight is 274 g/mol. The maximum atomic E-state index is 10.2. The van der Waals surface area contributed by atoms with E-state index in [2.05, 4.69) is 31.2 Å². The molecule has 2 nitrogen and oxygen atoms in total. The molecule has 1 aromatic rings. The Morgan fingerprint density at radius 2 is 1.70 bits per heavy atom. The second-order valence-electron chi connectivity index (χ2n) is 6.60. The van der Waals surface area contributed by atoms with Gasteiger partial charge < -0.3 is 9.84 Å². The first-order valence-electron chi connectivity index (χ1n) is 8.12. The van der Waals surface area contributed by atoms with Crippen LogP contribution in [0.4, 0.5) is 0 Å². The molecule has 1 aliphatic heterocycles. The van der Waals surface area contributed by atoms with E-state index in [1.165, 1.54) is 43.2 Å². The maximum Gasteiger partial charge on any atom is 0.0853 e. The van der Waals surface area contributed by atoms with Crippen molar-refractivity contribution in [3.8, 4) is 0 Å². The summed E-state index contributed by atoms with van der Waals surface area (Å²) in [5.74, 6) is 0.659. The summed E-state index contributed by atoms with van der Waals surface area (Å²) in [5.41, 5.74) is 2.49. The van der Waals surface area contributed by atoms with E-state index in [0.29, 0.717) is 5.92 Å². The first-order valence-corrected chi connectivity index (χ1v) is 8.12. The van der Waals surface area contributed by atoms with Crippen molar-refractivity contribution in [1.29, 1.82) is 0 Å². The van der Waals surface area contributed by atoms with Crippen molar-refractivity contribution in [3.05, 3.63) is 35.4 Å². The van der Waals surface area contributed by atoms with E-state index >= 15 is 0 Å². The van der Waals surface area contributed by atoms with Crippen molar-refractivity contribution in [2.75, 3.05) is 0 Å². The molecule has 20 heavy (non-hydrogen) atoms. The molecule has 0 unspecified atom stereocenters. The zero-order chi connectivity index (χ0) is 13.9. The highest BCUT2D eigenvalue weighted by atomic mass is 16.5. The van der Waals surface area contributed by atoms with Gasteiger partial charge >= 0.3 is 0 Å². The summed E-state index contributed by atoms with van der Waals surface area (Å²) in [5, 5.41) is 10.2. The molecule has 0 bridgehead atoms. The number of hydrogen-bond donors (Lipinski definition) is 1. The van der Waals surface area contributed by atoms with E-state index in [1.807, 2.05) is 0 Å². The van der Waals surface area contributed by atoms with Crippen LogP contribution >= 0.6 is 0 Å². The molecule has 2 heteroatoms. The van der Waals surface area contributed by atoms with Gasteiger partial charge in [0, 0.05) is 6.42 Å². The minimum atomic E-state index is -0.207. The van der Waals surface area contributed by atoms with Gasteiger partial charge in [-0.25, -0.2) is 0 Å². The molecule has 2 aliphatic rings. The summed E-state index contributed by atoms with van der Waals surface area (Å²) in [4.78, 5) is 0. The highest BCUT2D eigenvalue weighted by molar-refractivity contribution is 5.23. The number of hydrogen-bond acceptors (Lipinski definition) is 2. The second kappa shape index (κ2) is 6.28. The van der Waals surface area contributed by atoms with Crippen LogP contribution in [0.3, 0.4) is 0 Å². The summed E-state index contributed by atoms with van der Waals surface area (Å²) in [6, 6.07) is 8.57. The molecule has 1 heterocycles. The summed E-state index contributed by atoms with van der Waals surface area (Å²) in [6.45, 7) is 2.10. The van der Waals surface area contributed by atoms with E-state index in [9.17, 15) is 5.11 Å². The standard InChI is InChI=1S/C18H26O2/c1-13-7-9-15(10-8-13)18-12-16(19)11-17(20-18)14-5-3-2-4-6-14/h7-10,14,16-19H,2-6,11-12H2,1H3/t16-,17-,18+/m1/s1. The highest BCUT2D eigenvalue weighted by Crippen LogP contribution is 2.38. The smallest absolute Gasteiger partial charge is 0.0853 e. The lowest BCUT2D eigenvalue weighted by molar-refractivity contribution is -0.124. The molecule has 0 spiro atoms. The fourth-order valence-electron chi connectivity index (χ4n) is 3.74. The molecular formula is C18H26O2. The first kappa shape index (κ1) is 14.1. The van der Waals surface area contributed by atoms with Gasteiger partial charge in [0.25, 0.3) is 0 Å². The summed E-state index contributed by atoms with van der Waals surface area (Å²) >= 11 is 0. The second-order valence-corrected chi connectivity index (χ2v) is 6.60. The summed E-state index contributed by atoms with van der Waals surface area (Å²) in [6.07, 6.45) is 8.27. The Bertz CT molecular complexity index is 420. The SMILES string of the molecule is Cc1ccc([C@@H]2C[C@H](O)C[C@H](C3CCCCC3)O2)cc1. The molecule has 1 saturated heterocycles. The van der Waals surface area contributed by atoms with Crippen molar-refractivity contribution in [2.24, 2.45) is 5.92 Å². The monoisotopic (exact) mass is 274 g/mol. The molecule has 110 valence electrons. The quantitative estimate of drug-likeness (QED) is 0.877. The molecule has 0 amide bonds. The van der Waals surface area contributed by atoms with Crippen molar-refractivity contribution < 1.29 is 9.84 Å². The van der Waals surface area contributed by atoms with Gasteiger partial charge in [0.2, 0.25) is 0 Å². The zero-order valence-corrected chi connectivity index (χ0v) is 12.4.